The van der Waals surface area contributed by atoms with Gasteiger partial charge in [-0.15, -0.1) is 0 Å². The Balaban J connectivity index is 1.87. The van der Waals surface area contributed by atoms with Gasteiger partial charge < -0.3 is 5.11 Å². The number of likely N-dealkylation sites (tertiary alicyclic amines) is 1. The molecule has 1 aromatic carbocycles. The summed E-state index contributed by atoms with van der Waals surface area (Å²) in [6.45, 7) is 3.45. The van der Waals surface area contributed by atoms with Crippen LogP contribution in [0.5, 0.6) is 0 Å². The molecule has 1 saturated heterocycles. The topological polar surface area (TPSA) is 23.5 Å². The van der Waals surface area contributed by atoms with Crippen molar-refractivity contribution in [3.05, 3.63) is 35.4 Å². The van der Waals surface area contributed by atoms with Gasteiger partial charge >= 0.3 is 0 Å². The molecule has 0 spiro atoms. The molecule has 0 bridgehead atoms. The number of hydrogen-bond donors (Lipinski definition) is 1. The molecule has 1 aliphatic heterocycles. The molecule has 3 unspecified atom stereocenters. The molecule has 2 heteroatoms. The molecule has 1 heterocycles. The normalized spacial score (nSPS) is 32.0. The SMILES string of the molecule is CCC1CCCN1C1CCCc2ccccc2C1O. The van der Waals surface area contributed by atoms with Gasteiger partial charge in [0.1, 0.15) is 0 Å². The second-order valence-corrected chi connectivity index (χ2v) is 6.05. The molecule has 2 nitrogen and oxygen atoms in total. The summed E-state index contributed by atoms with van der Waals surface area (Å²) in [6, 6.07) is 9.47. The van der Waals surface area contributed by atoms with Crippen LogP contribution < -0.4 is 0 Å². The Bertz CT molecular complexity index is 431. The van der Waals surface area contributed by atoms with Crippen LogP contribution in [0.25, 0.3) is 0 Å². The zero-order valence-corrected chi connectivity index (χ0v) is 11.9. The molecule has 3 atom stereocenters. The molecule has 19 heavy (non-hydrogen) atoms. The third-order valence-corrected chi connectivity index (χ3v) is 5.00. The zero-order chi connectivity index (χ0) is 13.2. The first-order valence-electron chi connectivity index (χ1n) is 7.83. The molecule has 3 rings (SSSR count). The highest BCUT2D eigenvalue weighted by Crippen LogP contribution is 2.35. The van der Waals surface area contributed by atoms with Crippen molar-refractivity contribution in [2.45, 2.75) is 63.6 Å². The van der Waals surface area contributed by atoms with Crippen molar-refractivity contribution in [2.24, 2.45) is 0 Å². The molecule has 0 amide bonds. The lowest BCUT2D eigenvalue weighted by Gasteiger charge is -2.35. The monoisotopic (exact) mass is 259 g/mol. The number of rotatable bonds is 2. The van der Waals surface area contributed by atoms with Crippen LogP contribution in [0.4, 0.5) is 0 Å². The average Bonchev–Trinajstić information content (AvgIpc) is 2.85. The molecule has 1 aromatic rings. The predicted octanol–water partition coefficient (Wildman–Crippen LogP) is 3.30. The Kier molecular flexibility index (Phi) is 3.90. The first-order valence-corrected chi connectivity index (χ1v) is 7.83. The van der Waals surface area contributed by atoms with Gasteiger partial charge in [0, 0.05) is 12.1 Å². The highest BCUT2D eigenvalue weighted by Gasteiger charge is 2.35. The fraction of sp³-hybridized carbons (Fsp3) is 0.647. The van der Waals surface area contributed by atoms with Gasteiger partial charge in [0.25, 0.3) is 0 Å². The summed E-state index contributed by atoms with van der Waals surface area (Å²) in [4.78, 5) is 2.59. The minimum atomic E-state index is -0.300. The number of fused-ring (bicyclic) bond motifs is 1. The molecule has 0 saturated carbocycles. The molecule has 104 valence electrons. The first-order chi connectivity index (χ1) is 9.31. The summed E-state index contributed by atoms with van der Waals surface area (Å²) in [5.41, 5.74) is 2.52. The number of benzene rings is 1. The summed E-state index contributed by atoms with van der Waals surface area (Å²) in [7, 11) is 0. The van der Waals surface area contributed by atoms with Crippen molar-refractivity contribution in [1.29, 1.82) is 0 Å². The maximum absolute atomic E-state index is 10.8. The van der Waals surface area contributed by atoms with Crippen LogP contribution in [-0.2, 0) is 6.42 Å². The van der Waals surface area contributed by atoms with Gasteiger partial charge in [0.2, 0.25) is 0 Å². The highest BCUT2D eigenvalue weighted by atomic mass is 16.3. The van der Waals surface area contributed by atoms with E-state index in [1.54, 1.807) is 0 Å². The maximum atomic E-state index is 10.8. The van der Waals surface area contributed by atoms with E-state index >= 15 is 0 Å². The van der Waals surface area contributed by atoms with Crippen LogP contribution in [0.2, 0.25) is 0 Å². The van der Waals surface area contributed by atoms with E-state index < -0.39 is 0 Å². The van der Waals surface area contributed by atoms with Crippen LogP contribution in [0.1, 0.15) is 56.3 Å². The molecular weight excluding hydrogens is 234 g/mol. The second-order valence-electron chi connectivity index (χ2n) is 6.05. The van der Waals surface area contributed by atoms with Gasteiger partial charge in [-0.1, -0.05) is 31.2 Å². The number of aliphatic hydroxyl groups is 1. The Morgan fingerprint density at radius 2 is 2.05 bits per heavy atom. The third-order valence-electron chi connectivity index (χ3n) is 5.00. The van der Waals surface area contributed by atoms with Gasteiger partial charge in [-0.05, 0) is 56.2 Å². The van der Waals surface area contributed by atoms with Crippen molar-refractivity contribution < 1.29 is 5.11 Å². The summed E-state index contributed by atoms with van der Waals surface area (Å²) >= 11 is 0. The lowest BCUT2D eigenvalue weighted by molar-refractivity contribution is 0.0365. The summed E-state index contributed by atoms with van der Waals surface area (Å²) < 4.78 is 0. The maximum Gasteiger partial charge on any atom is 0.0947 e. The van der Waals surface area contributed by atoms with Crippen LogP contribution in [-0.4, -0.2) is 28.6 Å². The van der Waals surface area contributed by atoms with Gasteiger partial charge in [-0.2, -0.15) is 0 Å². The predicted molar refractivity (Wildman–Crippen MR) is 78.1 cm³/mol. The van der Waals surface area contributed by atoms with E-state index in [0.29, 0.717) is 12.1 Å². The number of hydrogen-bond acceptors (Lipinski definition) is 2. The standard InChI is InChI=1S/C17H25NO/c1-2-14-9-6-12-18(14)16-11-5-8-13-7-3-4-10-15(13)17(16)19/h3-4,7,10,14,16-17,19H,2,5-6,8-9,11-12H2,1H3. The van der Waals surface area contributed by atoms with Gasteiger partial charge in [0.15, 0.2) is 0 Å². The smallest absolute Gasteiger partial charge is 0.0947 e. The van der Waals surface area contributed by atoms with E-state index in [9.17, 15) is 5.11 Å². The van der Waals surface area contributed by atoms with Crippen molar-refractivity contribution in [3.8, 4) is 0 Å². The molecule has 1 fully saturated rings. The van der Waals surface area contributed by atoms with E-state index in [4.69, 9.17) is 0 Å². The fourth-order valence-electron chi connectivity index (χ4n) is 4.00. The third kappa shape index (κ3) is 2.44. The van der Waals surface area contributed by atoms with Crippen molar-refractivity contribution >= 4 is 0 Å². The summed E-state index contributed by atoms with van der Waals surface area (Å²) in [5.74, 6) is 0. The number of nitrogens with zero attached hydrogens (tertiary/aromatic N) is 1. The molecule has 0 aromatic heterocycles. The fourth-order valence-corrected chi connectivity index (χ4v) is 4.00. The Morgan fingerprint density at radius 1 is 1.21 bits per heavy atom. The van der Waals surface area contributed by atoms with E-state index in [1.165, 1.54) is 43.4 Å². The molecule has 1 N–H and O–H groups in total. The van der Waals surface area contributed by atoms with Crippen molar-refractivity contribution in [1.82, 2.24) is 4.90 Å². The Labute approximate surface area is 116 Å². The number of aryl methyl sites for hydroxylation is 1. The first kappa shape index (κ1) is 13.1. The van der Waals surface area contributed by atoms with Crippen LogP contribution >= 0.6 is 0 Å². The minimum absolute atomic E-state index is 0.300. The van der Waals surface area contributed by atoms with Crippen LogP contribution in [0.3, 0.4) is 0 Å². The van der Waals surface area contributed by atoms with Crippen molar-refractivity contribution in [3.63, 3.8) is 0 Å². The van der Waals surface area contributed by atoms with E-state index in [1.807, 2.05) is 0 Å². The van der Waals surface area contributed by atoms with Crippen molar-refractivity contribution in [2.75, 3.05) is 6.54 Å². The van der Waals surface area contributed by atoms with E-state index in [0.717, 1.165) is 12.8 Å². The minimum Gasteiger partial charge on any atom is -0.387 e. The van der Waals surface area contributed by atoms with E-state index in [2.05, 4.69) is 36.1 Å². The Morgan fingerprint density at radius 3 is 2.89 bits per heavy atom. The van der Waals surface area contributed by atoms with Crippen LogP contribution in [0, 0.1) is 0 Å². The number of aliphatic hydroxyl groups excluding tert-OH is 1. The molecule has 1 aliphatic carbocycles. The largest absolute Gasteiger partial charge is 0.387 e. The summed E-state index contributed by atoms with van der Waals surface area (Å²) in [6.07, 6.45) is 6.97. The molecule has 2 aliphatic rings. The molecular formula is C17H25NO. The lowest BCUT2D eigenvalue weighted by atomic mass is 9.97. The summed E-state index contributed by atoms with van der Waals surface area (Å²) in [5, 5.41) is 10.8. The highest BCUT2D eigenvalue weighted by molar-refractivity contribution is 5.31. The Hall–Kier alpha value is -0.860. The second kappa shape index (κ2) is 5.64. The average molecular weight is 259 g/mol. The van der Waals surface area contributed by atoms with E-state index in [-0.39, 0.29) is 6.10 Å². The van der Waals surface area contributed by atoms with Gasteiger partial charge in [-0.25, -0.2) is 0 Å². The van der Waals surface area contributed by atoms with Gasteiger partial charge in [-0.3, -0.25) is 4.90 Å². The quantitative estimate of drug-likeness (QED) is 0.824. The lowest BCUT2D eigenvalue weighted by Crippen LogP contribution is -2.42. The van der Waals surface area contributed by atoms with Crippen LogP contribution in [0.15, 0.2) is 24.3 Å². The zero-order valence-electron chi connectivity index (χ0n) is 11.9. The van der Waals surface area contributed by atoms with Gasteiger partial charge in [0.05, 0.1) is 6.10 Å². The molecule has 0 radical (unpaired) electrons.